The van der Waals surface area contributed by atoms with Gasteiger partial charge in [0, 0.05) is 30.0 Å². The van der Waals surface area contributed by atoms with Crippen LogP contribution in [0.1, 0.15) is 183 Å². The van der Waals surface area contributed by atoms with Crippen LogP contribution < -0.4 is 0 Å². The third-order valence-electron chi connectivity index (χ3n) is 1.19. The molecule has 0 heteroatoms. The van der Waals surface area contributed by atoms with Crippen molar-refractivity contribution in [3.63, 3.8) is 0 Å². The molecular formula is C40H116. The maximum Gasteiger partial charge on any atom is 0 e. The smallest absolute Gasteiger partial charge is 0 e. The summed E-state index contributed by atoms with van der Waals surface area (Å²) >= 11 is 0. The molecule has 40 heavy (non-hydrogen) atoms. The highest BCUT2D eigenvalue weighted by Gasteiger charge is 1.48. The van der Waals surface area contributed by atoms with Gasteiger partial charge in [0.05, 0.1) is 0 Å². The fourth-order valence-electron chi connectivity index (χ4n) is 0.188. The standard InChI is InChI=1S/C8H6.3C4H6.6C2H6.3C2H2.2CH4.21H2/c1-3-5-7-8-6-4-2;3*1-3-4-2;9*1-2;;;;;;;;;;;;;;;;;;;;;;;/h1-2H3;3*1-2H3;6*1-2H3;3*1-2H;2*1H4;21*1H. The summed E-state index contributed by atoms with van der Waals surface area (Å²) in [5, 5.41) is 0. The Hall–Kier alpha value is -3.96. The molecule has 0 aromatic heterocycles. The molecule has 0 aliphatic heterocycles. The van der Waals surface area contributed by atoms with E-state index in [-0.39, 0.29) is 44.8 Å². The second-order valence-corrected chi connectivity index (χ2v) is 2.50. The molecule has 0 saturated heterocycles. The van der Waals surface area contributed by atoms with Crippen LogP contribution in [0.25, 0.3) is 0 Å². The highest BCUT2D eigenvalue weighted by Crippen LogP contribution is 1.51. The van der Waals surface area contributed by atoms with Crippen molar-refractivity contribution in [1.29, 1.82) is 0 Å². The van der Waals surface area contributed by atoms with Crippen molar-refractivity contribution in [1.82, 2.24) is 0 Å². The lowest BCUT2D eigenvalue weighted by Gasteiger charge is -1.52. The van der Waals surface area contributed by atoms with Crippen molar-refractivity contribution in [3.05, 3.63) is 0 Å². The molecule has 0 atom stereocenters. The Kier molecular flexibility index (Phi) is 1570. The Morgan fingerprint density at radius 2 is 0.350 bits per heavy atom. The van der Waals surface area contributed by atoms with Crippen molar-refractivity contribution in [2.75, 3.05) is 0 Å². The van der Waals surface area contributed by atoms with Crippen LogP contribution in [-0.4, -0.2) is 0 Å². The minimum absolute atomic E-state index is 0. The molecule has 0 saturated carbocycles. The lowest BCUT2D eigenvalue weighted by Crippen LogP contribution is -1.48. The highest BCUT2D eigenvalue weighted by atomic mass is 13.5. The Balaban J connectivity index is -0.00000000325. The van der Waals surface area contributed by atoms with Gasteiger partial charge in [0.25, 0.3) is 0 Å². The highest BCUT2D eigenvalue weighted by molar-refractivity contribution is 5.34. The van der Waals surface area contributed by atoms with Crippen LogP contribution >= 0.6 is 0 Å². The largest absolute Gasteiger partial charge is 0.124 e. The van der Waals surface area contributed by atoms with Gasteiger partial charge >= 0.3 is 0 Å². The molecule has 0 unspecified atom stereocenters. The molecule has 0 heterocycles. The Labute approximate surface area is 293 Å². The van der Waals surface area contributed by atoms with E-state index in [2.05, 4.69) is 110 Å². The Bertz CT molecular complexity index is 611. The van der Waals surface area contributed by atoms with Gasteiger partial charge < -0.3 is 0 Å². The van der Waals surface area contributed by atoms with Gasteiger partial charge in [0.15, 0.2) is 0 Å². The minimum atomic E-state index is 0. The molecule has 0 aliphatic rings. The first kappa shape index (κ1) is 100.0. The van der Waals surface area contributed by atoms with Gasteiger partial charge in [-0.2, -0.15) is 0 Å². The van der Waals surface area contributed by atoms with Crippen LogP contribution in [0.5, 0.6) is 0 Å². The van der Waals surface area contributed by atoms with Gasteiger partial charge in [-0.05, 0) is 79.1 Å². The first-order valence-electron chi connectivity index (χ1n) is 13.0. The van der Waals surface area contributed by atoms with Crippen molar-refractivity contribution in [3.8, 4) is 110 Å². The zero-order valence-corrected chi connectivity index (χ0v) is 29.5. The third-order valence-corrected chi connectivity index (χ3v) is 1.19. The lowest BCUT2D eigenvalue weighted by atomic mass is 10.5. The van der Waals surface area contributed by atoms with Gasteiger partial charge in [-0.15, -0.1) is 74.1 Å². The quantitative estimate of drug-likeness (QED) is 0.244. The molecule has 0 radical (unpaired) electrons. The first-order valence-corrected chi connectivity index (χ1v) is 13.0. The Morgan fingerprint density at radius 1 is 0.250 bits per heavy atom. The van der Waals surface area contributed by atoms with Crippen LogP contribution in [-0.2, 0) is 0 Å². The van der Waals surface area contributed by atoms with Crippen LogP contribution in [0, 0.1) is 110 Å². The number of hydrogen-bond donors (Lipinski definition) is 0. The number of hydrogen-bond acceptors (Lipinski definition) is 0. The monoisotopic (exact) mass is 597 g/mol. The van der Waals surface area contributed by atoms with Crippen LogP contribution in [0.2, 0.25) is 0 Å². The first-order chi connectivity index (χ1) is 18.7. The zero-order chi connectivity index (χ0) is 34.5. The molecule has 0 bridgehead atoms. The second-order valence-electron chi connectivity index (χ2n) is 2.50. The molecule has 0 fully saturated rings. The minimum Gasteiger partial charge on any atom is -0.124 e. The molecule has 276 valence electrons. The predicted molar refractivity (Wildman–Crippen MR) is 248 cm³/mol. The van der Waals surface area contributed by atoms with Crippen LogP contribution in [0.15, 0.2) is 0 Å². The average molecular weight is 597 g/mol. The van der Waals surface area contributed by atoms with E-state index < -0.39 is 0 Å². The van der Waals surface area contributed by atoms with Crippen LogP contribution in [0.4, 0.5) is 0 Å². The summed E-state index contributed by atoms with van der Waals surface area (Å²) in [6.45, 7) is 38.4. The van der Waals surface area contributed by atoms with Gasteiger partial charge in [0.2, 0.25) is 0 Å². The number of terminal acetylenes is 3. The fourth-order valence-corrected chi connectivity index (χ4v) is 0.188. The fraction of sp³-hybridized carbons (Fsp3) is 0.550. The van der Waals surface area contributed by atoms with Crippen molar-refractivity contribution in [2.45, 2.75) is 153 Å². The zero-order valence-electron chi connectivity index (χ0n) is 29.5. The van der Waals surface area contributed by atoms with Crippen molar-refractivity contribution < 1.29 is 30.0 Å². The average Bonchev–Trinajstić information content (AvgIpc) is 3.08. The van der Waals surface area contributed by atoms with Crippen molar-refractivity contribution >= 4 is 0 Å². The molecule has 0 rings (SSSR count). The maximum absolute atomic E-state index is 4.00. The topological polar surface area (TPSA) is 0 Å². The molecule has 0 N–H and O–H groups in total. The van der Waals surface area contributed by atoms with Gasteiger partial charge in [-0.25, -0.2) is 0 Å². The molecular weight excluding hydrogens is 480 g/mol. The SMILES string of the molecule is C.C.C#C.C#C.C#C.CC.CC.CC.CC.CC.CC.CC#CC.CC#CC.CC#CC.CC#CC#CC#CC.[HH].[HH].[HH].[HH].[HH].[HH].[HH].[HH].[HH].[HH].[HH].[HH].[HH].[HH].[HH].[HH].[HH].[HH].[HH].[HH].[HH]. The lowest BCUT2D eigenvalue weighted by molar-refractivity contribution is 1.50. The number of rotatable bonds is 0. The summed E-state index contributed by atoms with van der Waals surface area (Å²) in [6.07, 6.45) is 24.0. The van der Waals surface area contributed by atoms with E-state index in [0.29, 0.717) is 0 Å². The summed E-state index contributed by atoms with van der Waals surface area (Å²) in [6, 6.07) is 0. The molecule has 0 aromatic carbocycles. The van der Waals surface area contributed by atoms with E-state index in [1.165, 1.54) is 0 Å². The summed E-state index contributed by atoms with van der Waals surface area (Å²) in [5.74, 6) is 31.6. The predicted octanol–water partition coefficient (Wildman–Crippen LogP) is 17.5. The third kappa shape index (κ3) is 2280. The second kappa shape index (κ2) is 628. The van der Waals surface area contributed by atoms with Crippen LogP contribution in [0.3, 0.4) is 0 Å². The van der Waals surface area contributed by atoms with E-state index in [4.69, 9.17) is 0 Å². The van der Waals surface area contributed by atoms with Crippen molar-refractivity contribution in [2.24, 2.45) is 0 Å². The summed E-state index contributed by atoms with van der Waals surface area (Å²) < 4.78 is 0. The van der Waals surface area contributed by atoms with E-state index >= 15 is 0 Å². The van der Waals surface area contributed by atoms with Gasteiger partial charge in [-0.3, -0.25) is 0 Å². The molecule has 0 amide bonds. The van der Waals surface area contributed by atoms with E-state index in [1.54, 1.807) is 13.8 Å². The van der Waals surface area contributed by atoms with E-state index in [9.17, 15) is 0 Å². The maximum atomic E-state index is 4.00. The molecule has 0 spiro atoms. The Morgan fingerprint density at radius 3 is 0.400 bits per heavy atom. The molecule has 0 nitrogen and oxygen atoms in total. The van der Waals surface area contributed by atoms with E-state index in [0.717, 1.165) is 0 Å². The molecule has 0 aromatic rings. The van der Waals surface area contributed by atoms with Gasteiger partial charge in [-0.1, -0.05) is 110 Å². The summed E-state index contributed by atoms with van der Waals surface area (Å²) in [4.78, 5) is 0. The normalized spacial score (nSPS) is 2.85. The summed E-state index contributed by atoms with van der Waals surface area (Å²) in [7, 11) is 0. The van der Waals surface area contributed by atoms with Gasteiger partial charge in [0.1, 0.15) is 0 Å². The summed E-state index contributed by atoms with van der Waals surface area (Å²) in [5.41, 5.74) is 0. The molecule has 0 aliphatic carbocycles. The van der Waals surface area contributed by atoms with E-state index in [1.807, 2.05) is 125 Å².